The molecule has 3 aromatic carbocycles. The van der Waals surface area contributed by atoms with Crippen LogP contribution in [0.4, 0.5) is 5.69 Å². The Balaban J connectivity index is 1.55. The Bertz CT molecular complexity index is 1380. The third-order valence-corrected chi connectivity index (χ3v) is 4.70. The van der Waals surface area contributed by atoms with Crippen molar-refractivity contribution in [3.8, 4) is 17.1 Å². The third-order valence-electron chi connectivity index (χ3n) is 4.70. The van der Waals surface area contributed by atoms with Crippen molar-refractivity contribution in [3.63, 3.8) is 0 Å². The highest BCUT2D eigenvalue weighted by Crippen LogP contribution is 2.21. The lowest BCUT2D eigenvalue weighted by Gasteiger charge is -2.09. The quantitative estimate of drug-likeness (QED) is 0.396. The van der Waals surface area contributed by atoms with E-state index in [9.17, 15) is 19.5 Å². The number of carbonyl (C=O) groups is 2. The lowest BCUT2D eigenvalue weighted by atomic mass is 10.0. The molecule has 0 bridgehead atoms. The van der Waals surface area contributed by atoms with Crippen LogP contribution in [0.15, 0.2) is 71.5 Å². The molecule has 4 aromatic rings. The highest BCUT2D eigenvalue weighted by molar-refractivity contribution is 5.94. The van der Waals surface area contributed by atoms with Crippen molar-refractivity contribution in [2.75, 3.05) is 5.32 Å². The first-order valence-corrected chi connectivity index (χ1v) is 9.35. The molecule has 1 heterocycles. The number of hydrogen-bond acceptors (Lipinski definition) is 5. The Morgan fingerprint density at radius 3 is 2.52 bits per heavy atom. The van der Waals surface area contributed by atoms with E-state index in [1.807, 2.05) is 42.5 Å². The van der Waals surface area contributed by atoms with Gasteiger partial charge in [0, 0.05) is 11.3 Å². The second-order valence-corrected chi connectivity index (χ2v) is 6.90. The molecule has 154 valence electrons. The van der Waals surface area contributed by atoms with E-state index in [0.29, 0.717) is 11.3 Å². The molecule has 31 heavy (non-hydrogen) atoms. The number of carbonyl (C=O) groups excluding carboxylic acids is 1. The van der Waals surface area contributed by atoms with Gasteiger partial charge in [-0.15, -0.1) is 0 Å². The number of carboxylic acids is 1. The molecule has 4 N–H and O–H groups in total. The molecule has 0 fully saturated rings. The fourth-order valence-electron chi connectivity index (χ4n) is 3.24. The van der Waals surface area contributed by atoms with Crippen molar-refractivity contribution in [2.24, 2.45) is 0 Å². The molecule has 0 aliphatic heterocycles. The number of nitrogens with one attached hydrogen (secondary N) is 2. The third kappa shape index (κ3) is 4.27. The summed E-state index contributed by atoms with van der Waals surface area (Å²) in [4.78, 5) is 41.7. The zero-order valence-corrected chi connectivity index (χ0v) is 16.1. The monoisotopic (exact) mass is 415 g/mol. The molecular weight excluding hydrogens is 398 g/mol. The molecule has 0 atom stereocenters. The number of hydrogen-bond donors (Lipinski definition) is 4. The van der Waals surface area contributed by atoms with E-state index in [1.165, 1.54) is 0 Å². The van der Waals surface area contributed by atoms with Crippen molar-refractivity contribution in [1.82, 2.24) is 9.97 Å². The predicted octanol–water partition coefficient (Wildman–Crippen LogP) is 3.18. The predicted molar refractivity (Wildman–Crippen MR) is 115 cm³/mol. The van der Waals surface area contributed by atoms with Crippen molar-refractivity contribution < 1.29 is 19.8 Å². The lowest BCUT2D eigenvalue weighted by molar-refractivity contribution is -0.115. The van der Waals surface area contributed by atoms with E-state index in [0.717, 1.165) is 16.3 Å². The van der Waals surface area contributed by atoms with Gasteiger partial charge in [-0.2, -0.15) is 0 Å². The summed E-state index contributed by atoms with van der Waals surface area (Å²) in [5, 5.41) is 23.6. The number of anilines is 1. The zero-order valence-electron chi connectivity index (χ0n) is 16.1. The molecule has 0 saturated carbocycles. The fraction of sp³-hybridized carbons (Fsp3) is 0.0435. The van der Waals surface area contributed by atoms with Crippen molar-refractivity contribution in [2.45, 2.75) is 6.42 Å². The van der Waals surface area contributed by atoms with Gasteiger partial charge in [-0.3, -0.25) is 9.59 Å². The number of carboxylic acid groups (broad SMARTS) is 1. The Labute approximate surface area is 175 Å². The summed E-state index contributed by atoms with van der Waals surface area (Å²) >= 11 is 0. The Hall–Kier alpha value is -4.46. The molecular formula is C23H17N3O5. The van der Waals surface area contributed by atoms with Gasteiger partial charge in [-0.25, -0.2) is 9.78 Å². The largest absolute Gasteiger partial charge is 0.501 e. The molecule has 0 spiro atoms. The van der Waals surface area contributed by atoms with Crippen LogP contribution in [-0.4, -0.2) is 32.1 Å². The number of aromatic amines is 1. The van der Waals surface area contributed by atoms with E-state index in [4.69, 9.17) is 5.11 Å². The Morgan fingerprint density at radius 2 is 1.74 bits per heavy atom. The number of rotatable bonds is 5. The number of aromatic carboxylic acids is 1. The van der Waals surface area contributed by atoms with Crippen LogP contribution < -0.4 is 10.9 Å². The summed E-state index contributed by atoms with van der Waals surface area (Å²) in [6.45, 7) is 0. The van der Waals surface area contributed by atoms with Crippen LogP contribution in [-0.2, 0) is 11.2 Å². The van der Waals surface area contributed by atoms with Crippen LogP contribution in [0.3, 0.4) is 0 Å². The summed E-state index contributed by atoms with van der Waals surface area (Å²) in [6.07, 6.45) is 0.173. The number of nitrogens with zero attached hydrogens (tertiary/aromatic N) is 1. The molecule has 0 aliphatic carbocycles. The standard InChI is InChI=1S/C23H17N3O5/c27-18(11-13-8-9-14-4-1-2-5-15(14)10-13)24-17-7-3-6-16(12-17)21-25-19(23(30)31)20(28)22(29)26-21/h1-10,12,28H,11H2,(H,24,27)(H,30,31)(H,25,26,29). The summed E-state index contributed by atoms with van der Waals surface area (Å²) in [6, 6.07) is 20.2. The van der Waals surface area contributed by atoms with E-state index in [1.54, 1.807) is 24.3 Å². The molecule has 1 aromatic heterocycles. The van der Waals surface area contributed by atoms with Crippen LogP contribution in [0, 0.1) is 0 Å². The number of aromatic hydroxyl groups is 1. The normalized spacial score (nSPS) is 10.7. The number of H-pyrrole nitrogens is 1. The molecule has 1 amide bonds. The van der Waals surface area contributed by atoms with Gasteiger partial charge in [-0.05, 0) is 28.5 Å². The van der Waals surface area contributed by atoms with Gasteiger partial charge in [0.2, 0.25) is 11.7 Å². The molecule has 0 radical (unpaired) electrons. The maximum absolute atomic E-state index is 12.5. The maximum atomic E-state index is 12.5. The van der Waals surface area contributed by atoms with E-state index in [2.05, 4.69) is 15.3 Å². The molecule has 8 heteroatoms. The van der Waals surface area contributed by atoms with Crippen LogP contribution in [0.5, 0.6) is 5.75 Å². The summed E-state index contributed by atoms with van der Waals surface area (Å²) in [7, 11) is 0. The van der Waals surface area contributed by atoms with Gasteiger partial charge in [-0.1, -0.05) is 54.6 Å². The van der Waals surface area contributed by atoms with Crippen LogP contribution in [0.2, 0.25) is 0 Å². The molecule has 0 aliphatic rings. The average molecular weight is 415 g/mol. The minimum absolute atomic E-state index is 0.0363. The van der Waals surface area contributed by atoms with Crippen molar-refractivity contribution >= 4 is 28.3 Å². The summed E-state index contributed by atoms with van der Waals surface area (Å²) in [5.41, 5.74) is -0.0142. The van der Waals surface area contributed by atoms with Gasteiger partial charge >= 0.3 is 5.97 Å². The smallest absolute Gasteiger partial charge is 0.358 e. The second-order valence-electron chi connectivity index (χ2n) is 6.90. The van der Waals surface area contributed by atoms with Crippen LogP contribution in [0.25, 0.3) is 22.2 Å². The SMILES string of the molecule is O=C(Cc1ccc2ccccc2c1)Nc1cccc(-c2nc(C(=O)O)c(O)c(=O)[nH]2)c1. The summed E-state index contributed by atoms with van der Waals surface area (Å²) < 4.78 is 0. The zero-order chi connectivity index (χ0) is 22.0. The highest BCUT2D eigenvalue weighted by atomic mass is 16.4. The minimum Gasteiger partial charge on any atom is -0.501 e. The Kier molecular flexibility index (Phi) is 5.19. The van der Waals surface area contributed by atoms with Crippen LogP contribution >= 0.6 is 0 Å². The maximum Gasteiger partial charge on any atom is 0.358 e. The molecule has 4 rings (SSSR count). The first-order chi connectivity index (χ1) is 14.9. The van der Waals surface area contributed by atoms with Crippen molar-refractivity contribution in [1.29, 1.82) is 0 Å². The van der Waals surface area contributed by atoms with Gasteiger partial charge in [0.1, 0.15) is 5.82 Å². The molecule has 8 nitrogen and oxygen atoms in total. The van der Waals surface area contributed by atoms with E-state index < -0.39 is 23.0 Å². The van der Waals surface area contributed by atoms with Gasteiger partial charge in [0.05, 0.1) is 6.42 Å². The van der Waals surface area contributed by atoms with Gasteiger partial charge in [0.25, 0.3) is 5.56 Å². The number of benzene rings is 3. The highest BCUT2D eigenvalue weighted by Gasteiger charge is 2.17. The number of aromatic nitrogens is 2. The molecule has 0 saturated heterocycles. The number of amides is 1. The first-order valence-electron chi connectivity index (χ1n) is 9.35. The van der Waals surface area contributed by atoms with E-state index in [-0.39, 0.29) is 18.2 Å². The second kappa shape index (κ2) is 8.11. The Morgan fingerprint density at radius 1 is 0.968 bits per heavy atom. The summed E-state index contributed by atoms with van der Waals surface area (Å²) in [5.74, 6) is -2.75. The molecule has 0 unspecified atom stereocenters. The van der Waals surface area contributed by atoms with Gasteiger partial charge < -0.3 is 20.5 Å². The van der Waals surface area contributed by atoms with Crippen molar-refractivity contribution in [3.05, 3.63) is 88.3 Å². The first kappa shape index (κ1) is 19.8. The fourth-order valence-corrected chi connectivity index (χ4v) is 3.24. The number of fused-ring (bicyclic) bond motifs is 1. The lowest BCUT2D eigenvalue weighted by Crippen LogP contribution is -2.16. The van der Waals surface area contributed by atoms with E-state index >= 15 is 0 Å². The van der Waals surface area contributed by atoms with Gasteiger partial charge in [0.15, 0.2) is 5.69 Å². The topological polar surface area (TPSA) is 132 Å². The van der Waals surface area contributed by atoms with Crippen LogP contribution in [0.1, 0.15) is 16.1 Å². The minimum atomic E-state index is -1.52. The average Bonchev–Trinajstić information content (AvgIpc) is 2.75.